The number of piperidine rings is 1. The molecule has 7 nitrogen and oxygen atoms in total. The van der Waals surface area contributed by atoms with Gasteiger partial charge in [-0.2, -0.15) is 0 Å². The van der Waals surface area contributed by atoms with E-state index in [4.69, 9.17) is 0 Å². The van der Waals surface area contributed by atoms with E-state index in [0.717, 1.165) is 38.9 Å². The molecule has 1 unspecified atom stereocenters. The molecule has 2 aromatic rings. The number of H-pyrrole nitrogens is 1. The first-order valence-electron chi connectivity index (χ1n) is 9.45. The van der Waals surface area contributed by atoms with Gasteiger partial charge in [0.2, 0.25) is 5.91 Å². The average Bonchev–Trinajstić information content (AvgIpc) is 2.67. The van der Waals surface area contributed by atoms with Crippen molar-refractivity contribution in [3.05, 3.63) is 69.0 Å². The molecule has 1 aliphatic heterocycles. The Morgan fingerprint density at radius 2 is 1.96 bits per heavy atom. The average molecular weight is 370 g/mol. The van der Waals surface area contributed by atoms with E-state index in [-0.39, 0.29) is 24.9 Å². The molecule has 144 valence electrons. The summed E-state index contributed by atoms with van der Waals surface area (Å²) in [4.78, 5) is 39.5. The fourth-order valence-electron chi connectivity index (χ4n) is 3.45. The third kappa shape index (κ3) is 5.92. The number of hydrogen-bond acceptors (Lipinski definition) is 4. The zero-order chi connectivity index (χ0) is 19.1. The minimum Gasteiger partial charge on any atom is -0.352 e. The van der Waals surface area contributed by atoms with Crippen LogP contribution in [0.4, 0.5) is 0 Å². The summed E-state index contributed by atoms with van der Waals surface area (Å²) in [5.74, 6) is -0.0667. The summed E-state index contributed by atoms with van der Waals surface area (Å²) in [6.07, 6.45) is 4.69. The van der Waals surface area contributed by atoms with Crippen LogP contribution in [0.3, 0.4) is 0 Å². The van der Waals surface area contributed by atoms with Crippen LogP contribution in [0.25, 0.3) is 0 Å². The van der Waals surface area contributed by atoms with Crippen molar-refractivity contribution in [2.75, 3.05) is 19.6 Å². The van der Waals surface area contributed by atoms with Crippen molar-refractivity contribution in [3.8, 4) is 0 Å². The molecular weight excluding hydrogens is 344 g/mol. The number of carbonyl (C=O) groups is 1. The normalized spacial score (nSPS) is 17.6. The molecule has 0 bridgehead atoms. The van der Waals surface area contributed by atoms with Crippen LogP contribution in [0.2, 0.25) is 0 Å². The van der Waals surface area contributed by atoms with Crippen molar-refractivity contribution >= 4 is 5.91 Å². The quantitative estimate of drug-likeness (QED) is 0.753. The molecule has 1 saturated heterocycles. The Morgan fingerprint density at radius 1 is 1.15 bits per heavy atom. The number of aryl methyl sites for hydroxylation is 1. The van der Waals surface area contributed by atoms with Crippen molar-refractivity contribution in [3.63, 3.8) is 0 Å². The minimum absolute atomic E-state index is 0.0667. The van der Waals surface area contributed by atoms with E-state index in [1.54, 1.807) is 0 Å². The van der Waals surface area contributed by atoms with Gasteiger partial charge < -0.3 is 14.8 Å². The van der Waals surface area contributed by atoms with Gasteiger partial charge in [-0.05, 0) is 31.4 Å². The first kappa shape index (κ1) is 19.1. The Morgan fingerprint density at radius 3 is 2.74 bits per heavy atom. The highest BCUT2D eigenvalue weighted by atomic mass is 16.2. The zero-order valence-corrected chi connectivity index (χ0v) is 15.4. The predicted molar refractivity (Wildman–Crippen MR) is 104 cm³/mol. The largest absolute Gasteiger partial charge is 0.352 e. The Labute approximate surface area is 158 Å². The second-order valence-corrected chi connectivity index (χ2v) is 7.00. The van der Waals surface area contributed by atoms with Crippen molar-refractivity contribution < 1.29 is 4.79 Å². The second-order valence-electron chi connectivity index (χ2n) is 7.00. The topological polar surface area (TPSA) is 87.2 Å². The number of amides is 1. The molecule has 1 amide bonds. The molecule has 3 rings (SSSR count). The Hall–Kier alpha value is -2.67. The fraction of sp³-hybridized carbons (Fsp3) is 0.450. The van der Waals surface area contributed by atoms with Gasteiger partial charge in [-0.15, -0.1) is 0 Å². The monoisotopic (exact) mass is 370 g/mol. The first-order valence-corrected chi connectivity index (χ1v) is 9.45. The van der Waals surface area contributed by atoms with Crippen LogP contribution in [0.15, 0.2) is 52.2 Å². The maximum Gasteiger partial charge on any atom is 0.328 e. The van der Waals surface area contributed by atoms with Crippen molar-refractivity contribution in [1.29, 1.82) is 0 Å². The maximum atomic E-state index is 12.2. The number of carbonyl (C=O) groups excluding carboxylic acids is 1. The molecule has 1 aromatic heterocycles. The summed E-state index contributed by atoms with van der Waals surface area (Å²) in [7, 11) is 0. The lowest BCUT2D eigenvalue weighted by Crippen LogP contribution is -2.48. The Bertz CT molecular complexity index is 859. The third-order valence-electron chi connectivity index (χ3n) is 4.91. The molecule has 1 fully saturated rings. The first-order chi connectivity index (χ1) is 13.1. The van der Waals surface area contributed by atoms with Crippen LogP contribution < -0.4 is 16.6 Å². The molecule has 2 heterocycles. The summed E-state index contributed by atoms with van der Waals surface area (Å²) in [5.41, 5.74) is 0.411. The molecule has 0 saturated carbocycles. The highest BCUT2D eigenvalue weighted by molar-refractivity contribution is 5.76. The maximum absolute atomic E-state index is 12.2. The van der Waals surface area contributed by atoms with Gasteiger partial charge in [0.25, 0.3) is 5.56 Å². The van der Waals surface area contributed by atoms with Gasteiger partial charge >= 0.3 is 5.69 Å². The summed E-state index contributed by atoms with van der Waals surface area (Å²) in [6.45, 7) is 3.16. The number of benzene rings is 1. The smallest absolute Gasteiger partial charge is 0.328 e. The molecule has 0 spiro atoms. The Balaban J connectivity index is 1.43. The summed E-state index contributed by atoms with van der Waals surface area (Å²) < 4.78 is 1.34. The van der Waals surface area contributed by atoms with E-state index in [1.165, 1.54) is 22.4 Å². The number of nitrogens with zero attached hydrogens (tertiary/aromatic N) is 2. The second kappa shape index (κ2) is 9.32. The number of nitrogens with one attached hydrogen (secondary N) is 2. The van der Waals surface area contributed by atoms with E-state index in [0.29, 0.717) is 0 Å². The summed E-state index contributed by atoms with van der Waals surface area (Å²) in [6, 6.07) is 11.9. The van der Waals surface area contributed by atoms with Gasteiger partial charge in [0.15, 0.2) is 0 Å². The number of aromatic amines is 1. The van der Waals surface area contributed by atoms with Gasteiger partial charge in [-0.3, -0.25) is 14.6 Å². The third-order valence-corrected chi connectivity index (χ3v) is 4.91. The Kier molecular flexibility index (Phi) is 6.59. The molecule has 0 aliphatic carbocycles. The van der Waals surface area contributed by atoms with Gasteiger partial charge in [0, 0.05) is 44.4 Å². The van der Waals surface area contributed by atoms with Crippen molar-refractivity contribution in [2.45, 2.75) is 38.3 Å². The van der Waals surface area contributed by atoms with Crippen LogP contribution >= 0.6 is 0 Å². The van der Waals surface area contributed by atoms with E-state index in [2.05, 4.69) is 39.5 Å². The van der Waals surface area contributed by atoms with Crippen molar-refractivity contribution in [2.24, 2.45) is 0 Å². The van der Waals surface area contributed by atoms with Gasteiger partial charge in [-0.25, -0.2) is 4.79 Å². The number of likely N-dealkylation sites (tertiary alicyclic amines) is 1. The SMILES string of the molecule is O=C(CCn1ccc(=O)[nH]c1=O)NC1CCCN(CCc2ccccc2)C1. The van der Waals surface area contributed by atoms with E-state index < -0.39 is 11.2 Å². The number of hydrogen-bond donors (Lipinski definition) is 2. The van der Waals surface area contributed by atoms with E-state index >= 15 is 0 Å². The van der Waals surface area contributed by atoms with Crippen LogP contribution in [0.1, 0.15) is 24.8 Å². The molecule has 7 heteroatoms. The summed E-state index contributed by atoms with van der Waals surface area (Å²) >= 11 is 0. The highest BCUT2D eigenvalue weighted by Gasteiger charge is 2.21. The molecule has 1 atom stereocenters. The number of rotatable bonds is 7. The molecular formula is C20H26N4O3. The van der Waals surface area contributed by atoms with Crippen molar-refractivity contribution in [1.82, 2.24) is 19.8 Å². The lowest BCUT2D eigenvalue weighted by Gasteiger charge is -2.33. The van der Waals surface area contributed by atoms with Crippen LogP contribution in [-0.4, -0.2) is 46.0 Å². The van der Waals surface area contributed by atoms with Gasteiger partial charge in [0.1, 0.15) is 0 Å². The fourth-order valence-corrected chi connectivity index (χ4v) is 3.45. The van der Waals surface area contributed by atoms with E-state index in [1.807, 2.05) is 6.07 Å². The van der Waals surface area contributed by atoms with E-state index in [9.17, 15) is 14.4 Å². The molecule has 1 aromatic carbocycles. The lowest BCUT2D eigenvalue weighted by atomic mass is 10.0. The van der Waals surface area contributed by atoms with Gasteiger partial charge in [0.05, 0.1) is 0 Å². The zero-order valence-electron chi connectivity index (χ0n) is 15.4. The van der Waals surface area contributed by atoms with Crippen LogP contribution in [0.5, 0.6) is 0 Å². The highest BCUT2D eigenvalue weighted by Crippen LogP contribution is 2.11. The minimum atomic E-state index is -0.486. The number of aromatic nitrogens is 2. The lowest BCUT2D eigenvalue weighted by molar-refractivity contribution is -0.122. The molecule has 0 radical (unpaired) electrons. The molecule has 27 heavy (non-hydrogen) atoms. The van der Waals surface area contributed by atoms with Gasteiger partial charge in [-0.1, -0.05) is 30.3 Å². The molecule has 1 aliphatic rings. The summed E-state index contributed by atoms with van der Waals surface area (Å²) in [5, 5.41) is 3.08. The van der Waals surface area contributed by atoms with Crippen LogP contribution in [-0.2, 0) is 17.8 Å². The molecule has 2 N–H and O–H groups in total. The van der Waals surface area contributed by atoms with Crippen LogP contribution in [0, 0.1) is 0 Å². The predicted octanol–water partition coefficient (Wildman–Crippen LogP) is 0.750. The standard InChI is InChI=1S/C20H26N4O3/c25-18(9-13-24-14-10-19(26)22-20(24)27)21-17-7-4-11-23(15-17)12-8-16-5-2-1-3-6-16/h1-3,5-6,10,14,17H,4,7-9,11-13,15H2,(H,21,25)(H,22,26,27).